The van der Waals surface area contributed by atoms with Gasteiger partial charge in [0.05, 0.1) is 18.8 Å². The molecule has 7 heteroatoms. The van der Waals surface area contributed by atoms with Crippen molar-refractivity contribution in [3.8, 4) is 17.0 Å². The number of hydrogen-bond acceptors (Lipinski definition) is 4. The molecule has 0 saturated carbocycles. The lowest BCUT2D eigenvalue weighted by Crippen LogP contribution is -2.36. The van der Waals surface area contributed by atoms with Crippen LogP contribution in [0.2, 0.25) is 0 Å². The molecule has 2 amide bonds. The van der Waals surface area contributed by atoms with Crippen molar-refractivity contribution in [3.63, 3.8) is 0 Å². The van der Waals surface area contributed by atoms with E-state index in [9.17, 15) is 9.59 Å². The van der Waals surface area contributed by atoms with E-state index >= 15 is 0 Å². The van der Waals surface area contributed by atoms with Gasteiger partial charge in [-0.1, -0.05) is 48.5 Å². The van der Waals surface area contributed by atoms with Gasteiger partial charge in [0.25, 0.3) is 5.91 Å². The summed E-state index contributed by atoms with van der Waals surface area (Å²) in [7, 11) is 5.60. The summed E-state index contributed by atoms with van der Waals surface area (Å²) < 4.78 is 5.50. The molecule has 1 aromatic heterocycles. The average Bonchev–Trinajstić information content (AvgIpc) is 3.42. The number of carbonyl (C=O) groups is 2. The van der Waals surface area contributed by atoms with Gasteiger partial charge >= 0.3 is 0 Å². The Kier molecular flexibility index (Phi) is 6.97. The van der Waals surface area contributed by atoms with Crippen LogP contribution >= 0.6 is 0 Å². The number of aromatic nitrogens is 1. The van der Waals surface area contributed by atoms with E-state index < -0.39 is 0 Å². The number of likely N-dealkylation sites (N-methyl/N-ethyl adjacent to an activating group) is 1. The van der Waals surface area contributed by atoms with E-state index in [0.29, 0.717) is 18.7 Å². The number of nitrogens with zero attached hydrogens (tertiary/aromatic N) is 2. The SMILES string of the molecule is COc1cccc(-c2[nH]c3ccccc3c2[C@@H]2c3ccccc3C(=O)N2CCC(=O)NCCN(C)C)c1. The predicted molar refractivity (Wildman–Crippen MR) is 146 cm³/mol. The molecule has 5 rings (SSSR count). The molecule has 1 aliphatic rings. The van der Waals surface area contributed by atoms with Crippen LogP contribution in [-0.2, 0) is 4.79 Å². The third-order valence-electron chi connectivity index (χ3n) is 6.90. The van der Waals surface area contributed by atoms with E-state index in [2.05, 4.69) is 16.4 Å². The zero-order valence-electron chi connectivity index (χ0n) is 21.5. The topological polar surface area (TPSA) is 77.7 Å². The van der Waals surface area contributed by atoms with Crippen LogP contribution in [0, 0.1) is 0 Å². The largest absolute Gasteiger partial charge is 0.497 e. The number of ether oxygens (including phenoxy) is 1. The Hall–Kier alpha value is -4.10. The third-order valence-corrected chi connectivity index (χ3v) is 6.90. The Balaban J connectivity index is 1.57. The van der Waals surface area contributed by atoms with Crippen molar-refractivity contribution in [3.05, 3.63) is 89.5 Å². The van der Waals surface area contributed by atoms with Crippen LogP contribution in [0.3, 0.4) is 0 Å². The number of fused-ring (bicyclic) bond motifs is 2. The van der Waals surface area contributed by atoms with Crippen molar-refractivity contribution in [1.82, 2.24) is 20.1 Å². The number of H-pyrrole nitrogens is 1. The minimum absolute atomic E-state index is 0.0523. The number of amides is 2. The molecule has 7 nitrogen and oxygen atoms in total. The van der Waals surface area contributed by atoms with Gasteiger partial charge in [-0.25, -0.2) is 0 Å². The van der Waals surface area contributed by atoms with Crippen LogP contribution in [-0.4, -0.2) is 67.4 Å². The third kappa shape index (κ3) is 4.82. The van der Waals surface area contributed by atoms with E-state index in [4.69, 9.17) is 4.74 Å². The fourth-order valence-electron chi connectivity index (χ4n) is 5.10. The van der Waals surface area contributed by atoms with E-state index in [1.54, 1.807) is 7.11 Å². The van der Waals surface area contributed by atoms with Gasteiger partial charge in [-0.15, -0.1) is 0 Å². The summed E-state index contributed by atoms with van der Waals surface area (Å²) in [5.41, 5.74) is 5.57. The molecule has 3 aromatic carbocycles. The second-order valence-corrected chi connectivity index (χ2v) is 9.58. The highest BCUT2D eigenvalue weighted by molar-refractivity contribution is 6.02. The molecule has 0 saturated heterocycles. The lowest BCUT2D eigenvalue weighted by atomic mass is 9.93. The Morgan fingerprint density at radius 3 is 2.65 bits per heavy atom. The Labute approximate surface area is 217 Å². The number of hydrogen-bond donors (Lipinski definition) is 2. The number of nitrogens with one attached hydrogen (secondary N) is 2. The highest BCUT2D eigenvalue weighted by Crippen LogP contribution is 2.45. The van der Waals surface area contributed by atoms with Gasteiger partial charge in [-0.3, -0.25) is 9.59 Å². The van der Waals surface area contributed by atoms with Gasteiger partial charge in [0.2, 0.25) is 5.91 Å². The summed E-state index contributed by atoms with van der Waals surface area (Å²) in [6.45, 7) is 1.66. The predicted octanol–water partition coefficient (Wildman–Crippen LogP) is 4.46. The molecule has 0 radical (unpaired) electrons. The lowest BCUT2D eigenvalue weighted by Gasteiger charge is -2.26. The maximum absolute atomic E-state index is 13.7. The normalized spacial score (nSPS) is 14.9. The van der Waals surface area contributed by atoms with Gasteiger partial charge in [0, 0.05) is 53.6 Å². The number of methoxy groups -OCH3 is 1. The first-order chi connectivity index (χ1) is 18.0. The molecule has 1 aliphatic heterocycles. The Bertz CT molecular complexity index is 1440. The van der Waals surface area contributed by atoms with Crippen molar-refractivity contribution in [2.75, 3.05) is 40.8 Å². The molecular weight excluding hydrogens is 464 g/mol. The molecule has 0 bridgehead atoms. The second kappa shape index (κ2) is 10.5. The summed E-state index contributed by atoms with van der Waals surface area (Å²) in [6.07, 6.45) is 0.237. The van der Waals surface area contributed by atoms with Crippen LogP contribution in [0.25, 0.3) is 22.2 Å². The summed E-state index contributed by atoms with van der Waals surface area (Å²) in [4.78, 5) is 33.8. The number of carbonyl (C=O) groups excluding carboxylic acids is 2. The molecular formula is C30H32N4O3. The Morgan fingerprint density at radius 1 is 1.05 bits per heavy atom. The van der Waals surface area contributed by atoms with Gasteiger partial charge < -0.3 is 24.8 Å². The number of benzene rings is 3. The second-order valence-electron chi connectivity index (χ2n) is 9.58. The van der Waals surface area contributed by atoms with Crippen LogP contribution in [0.1, 0.15) is 33.9 Å². The number of para-hydroxylation sites is 1. The molecule has 0 spiro atoms. The smallest absolute Gasteiger partial charge is 0.255 e. The average molecular weight is 497 g/mol. The quantitative estimate of drug-likeness (QED) is 0.359. The minimum atomic E-state index is -0.323. The van der Waals surface area contributed by atoms with Gasteiger partial charge in [0.15, 0.2) is 0 Å². The summed E-state index contributed by atoms with van der Waals surface area (Å²) in [6, 6.07) is 23.5. The molecule has 2 heterocycles. The van der Waals surface area contributed by atoms with Gasteiger partial charge in [-0.05, 0) is 43.9 Å². The van der Waals surface area contributed by atoms with Crippen LogP contribution in [0.15, 0.2) is 72.8 Å². The van der Waals surface area contributed by atoms with Gasteiger partial charge in [-0.2, -0.15) is 0 Å². The molecule has 0 aliphatic carbocycles. The summed E-state index contributed by atoms with van der Waals surface area (Å²) >= 11 is 0. The monoisotopic (exact) mass is 496 g/mol. The zero-order chi connectivity index (χ0) is 25.9. The molecule has 4 aromatic rings. The highest BCUT2D eigenvalue weighted by Gasteiger charge is 2.40. The number of aromatic amines is 1. The maximum atomic E-state index is 13.7. The first-order valence-electron chi connectivity index (χ1n) is 12.5. The van der Waals surface area contributed by atoms with Crippen molar-refractivity contribution < 1.29 is 14.3 Å². The molecule has 0 unspecified atom stereocenters. The van der Waals surface area contributed by atoms with E-state index in [0.717, 1.165) is 45.6 Å². The fraction of sp³-hybridized carbons (Fsp3) is 0.267. The van der Waals surface area contributed by atoms with Crippen molar-refractivity contribution in [2.45, 2.75) is 12.5 Å². The zero-order valence-corrected chi connectivity index (χ0v) is 21.5. The van der Waals surface area contributed by atoms with E-state index in [1.807, 2.05) is 90.6 Å². The lowest BCUT2D eigenvalue weighted by molar-refractivity contribution is -0.121. The number of rotatable bonds is 9. The standard InChI is InChI=1S/C30H32N4O3/c1-33(2)18-16-31-26(35)15-17-34-29(22-11-4-5-12-23(22)30(34)36)27-24-13-6-7-14-25(24)32-28(27)20-9-8-10-21(19-20)37-3/h4-14,19,29,32H,15-18H2,1-3H3,(H,31,35)/t29-/m0/s1. The fourth-order valence-corrected chi connectivity index (χ4v) is 5.10. The van der Waals surface area contributed by atoms with Crippen molar-refractivity contribution in [2.24, 2.45) is 0 Å². The first-order valence-corrected chi connectivity index (χ1v) is 12.5. The van der Waals surface area contributed by atoms with Crippen LogP contribution in [0.4, 0.5) is 0 Å². The van der Waals surface area contributed by atoms with Gasteiger partial charge in [0.1, 0.15) is 5.75 Å². The molecule has 37 heavy (non-hydrogen) atoms. The highest BCUT2D eigenvalue weighted by atomic mass is 16.5. The molecule has 2 N–H and O–H groups in total. The van der Waals surface area contributed by atoms with Crippen molar-refractivity contribution >= 4 is 22.7 Å². The van der Waals surface area contributed by atoms with Crippen LogP contribution in [0.5, 0.6) is 5.75 Å². The summed E-state index contributed by atoms with van der Waals surface area (Å²) in [5.74, 6) is 0.649. The maximum Gasteiger partial charge on any atom is 0.255 e. The van der Waals surface area contributed by atoms with Crippen molar-refractivity contribution in [1.29, 1.82) is 0 Å². The summed E-state index contributed by atoms with van der Waals surface area (Å²) in [5, 5.41) is 4.02. The Morgan fingerprint density at radius 2 is 1.84 bits per heavy atom. The van der Waals surface area contributed by atoms with Crippen LogP contribution < -0.4 is 10.1 Å². The van der Waals surface area contributed by atoms with E-state index in [-0.39, 0.29) is 24.3 Å². The molecule has 0 fully saturated rings. The first kappa shape index (κ1) is 24.6. The van der Waals surface area contributed by atoms with E-state index in [1.165, 1.54) is 0 Å². The molecule has 1 atom stereocenters. The molecule has 190 valence electrons. The minimum Gasteiger partial charge on any atom is -0.497 e.